The first-order chi connectivity index (χ1) is 10.2. The highest BCUT2D eigenvalue weighted by atomic mass is 16.5. The number of carbonyl (C=O) groups excluding carboxylic acids is 3. The fourth-order valence-electron chi connectivity index (χ4n) is 3.08. The van der Waals surface area contributed by atoms with Crippen molar-refractivity contribution < 1.29 is 19.1 Å². The second kappa shape index (κ2) is 4.23. The Hall–Kier alpha value is -2.54. The van der Waals surface area contributed by atoms with Gasteiger partial charge >= 0.3 is 0 Å². The van der Waals surface area contributed by atoms with Gasteiger partial charge < -0.3 is 4.74 Å². The Morgan fingerprint density at radius 3 is 2.24 bits per heavy atom. The van der Waals surface area contributed by atoms with Gasteiger partial charge in [-0.3, -0.25) is 24.8 Å². The molecule has 1 aromatic rings. The van der Waals surface area contributed by atoms with Crippen LogP contribution >= 0.6 is 0 Å². The number of nitrogens with zero attached hydrogens (tertiary/aromatic N) is 2. The summed E-state index contributed by atoms with van der Waals surface area (Å²) in [5, 5.41) is 0.827. The standard InChI is InChI=1S/C14H11N3O4/c18-12(7-3-5-15-6-4-7)16-17-13(19)10-8-1-2-9(21-8)11(10)14(17)20/h1-6,8-11H,(H,16,18)/t8-,9-,10-,11-/m0/s1. The van der Waals surface area contributed by atoms with Crippen LogP contribution < -0.4 is 5.43 Å². The van der Waals surface area contributed by atoms with E-state index >= 15 is 0 Å². The summed E-state index contributed by atoms with van der Waals surface area (Å²) < 4.78 is 5.52. The van der Waals surface area contributed by atoms with Crippen molar-refractivity contribution >= 4 is 17.7 Å². The average molecular weight is 285 g/mol. The van der Waals surface area contributed by atoms with E-state index in [4.69, 9.17) is 4.74 Å². The van der Waals surface area contributed by atoms with Crippen LogP contribution in [0.1, 0.15) is 10.4 Å². The smallest absolute Gasteiger partial charge is 0.270 e. The van der Waals surface area contributed by atoms with Crippen LogP contribution in [-0.2, 0) is 14.3 Å². The third-order valence-corrected chi connectivity index (χ3v) is 4.07. The number of hydrogen-bond acceptors (Lipinski definition) is 5. The van der Waals surface area contributed by atoms with Crippen LogP contribution in [0.5, 0.6) is 0 Å². The van der Waals surface area contributed by atoms with Crippen LogP contribution in [0.15, 0.2) is 36.7 Å². The van der Waals surface area contributed by atoms with Crippen molar-refractivity contribution in [2.24, 2.45) is 11.8 Å². The summed E-state index contributed by atoms with van der Waals surface area (Å²) in [5.74, 6) is -2.38. The number of imide groups is 1. The zero-order valence-electron chi connectivity index (χ0n) is 10.8. The molecular formula is C14H11N3O4. The minimum atomic E-state index is -0.523. The van der Waals surface area contributed by atoms with Gasteiger partial charge in [0.15, 0.2) is 0 Å². The van der Waals surface area contributed by atoms with Gasteiger partial charge in [0.05, 0.1) is 24.0 Å². The number of fused-ring (bicyclic) bond motifs is 5. The predicted octanol–water partition coefficient (Wildman–Crippen LogP) is -0.335. The number of nitrogens with one attached hydrogen (secondary N) is 1. The predicted molar refractivity (Wildman–Crippen MR) is 68.3 cm³/mol. The van der Waals surface area contributed by atoms with Crippen molar-refractivity contribution in [3.05, 3.63) is 42.2 Å². The Kier molecular flexibility index (Phi) is 2.46. The van der Waals surface area contributed by atoms with Crippen molar-refractivity contribution in [3.8, 4) is 0 Å². The molecule has 106 valence electrons. The normalized spacial score (nSPS) is 32.7. The van der Waals surface area contributed by atoms with E-state index in [0.717, 1.165) is 5.01 Å². The summed E-state index contributed by atoms with van der Waals surface area (Å²) in [6, 6.07) is 3.02. The molecule has 3 aliphatic heterocycles. The molecular weight excluding hydrogens is 274 g/mol. The summed E-state index contributed by atoms with van der Waals surface area (Å²) >= 11 is 0. The first-order valence-electron chi connectivity index (χ1n) is 6.59. The maximum Gasteiger partial charge on any atom is 0.270 e. The molecule has 2 saturated heterocycles. The molecule has 1 aromatic heterocycles. The zero-order valence-corrected chi connectivity index (χ0v) is 10.8. The number of aromatic nitrogens is 1. The van der Waals surface area contributed by atoms with Crippen LogP contribution in [0.2, 0.25) is 0 Å². The largest absolute Gasteiger partial charge is 0.365 e. The highest BCUT2D eigenvalue weighted by molar-refractivity contribution is 6.09. The fourth-order valence-corrected chi connectivity index (χ4v) is 3.08. The van der Waals surface area contributed by atoms with E-state index < -0.39 is 29.6 Å². The van der Waals surface area contributed by atoms with E-state index in [9.17, 15) is 14.4 Å². The molecule has 7 nitrogen and oxygen atoms in total. The van der Waals surface area contributed by atoms with Crippen LogP contribution in [0.4, 0.5) is 0 Å². The molecule has 2 fully saturated rings. The first kappa shape index (κ1) is 12.2. The van der Waals surface area contributed by atoms with E-state index in [2.05, 4.69) is 10.4 Å². The minimum Gasteiger partial charge on any atom is -0.365 e. The Bertz CT molecular complexity index is 642. The van der Waals surface area contributed by atoms with Gasteiger partial charge in [-0.05, 0) is 12.1 Å². The second-order valence-corrected chi connectivity index (χ2v) is 5.19. The number of hydrogen-bond donors (Lipinski definition) is 1. The third kappa shape index (κ3) is 1.64. The van der Waals surface area contributed by atoms with Crippen LogP contribution in [-0.4, -0.2) is 39.9 Å². The molecule has 7 heteroatoms. The lowest BCUT2D eigenvalue weighted by atomic mass is 9.85. The van der Waals surface area contributed by atoms with Crippen molar-refractivity contribution in [1.29, 1.82) is 0 Å². The fraction of sp³-hybridized carbons (Fsp3) is 0.286. The van der Waals surface area contributed by atoms with Crippen molar-refractivity contribution in [2.45, 2.75) is 12.2 Å². The maximum absolute atomic E-state index is 12.3. The summed E-state index contributed by atoms with van der Waals surface area (Å²) in [5.41, 5.74) is 2.71. The SMILES string of the molecule is O=C(NN1C(=O)[C@@H]2[C@@H](C1=O)[C@@H]1C=C[C@@H]2O1)c1ccncc1. The van der Waals surface area contributed by atoms with Gasteiger partial charge in [0.2, 0.25) is 0 Å². The van der Waals surface area contributed by atoms with Gasteiger partial charge in [-0.1, -0.05) is 12.2 Å². The van der Waals surface area contributed by atoms with Crippen molar-refractivity contribution in [1.82, 2.24) is 15.4 Å². The Morgan fingerprint density at radius 1 is 1.10 bits per heavy atom. The van der Waals surface area contributed by atoms with Crippen LogP contribution in [0.25, 0.3) is 0 Å². The minimum absolute atomic E-state index is 0.333. The number of amides is 3. The van der Waals surface area contributed by atoms with Gasteiger partial charge in [0.1, 0.15) is 0 Å². The molecule has 2 bridgehead atoms. The summed E-state index contributed by atoms with van der Waals surface area (Å²) in [7, 11) is 0. The van der Waals surface area contributed by atoms with Crippen LogP contribution in [0, 0.1) is 11.8 Å². The Labute approximate surface area is 119 Å². The highest BCUT2D eigenvalue weighted by Gasteiger charge is 2.61. The number of carbonyl (C=O) groups is 3. The molecule has 4 atom stereocenters. The number of ether oxygens (including phenoxy) is 1. The third-order valence-electron chi connectivity index (χ3n) is 4.07. The van der Waals surface area contributed by atoms with E-state index in [0.29, 0.717) is 5.56 Å². The lowest BCUT2D eigenvalue weighted by Gasteiger charge is -2.18. The maximum atomic E-state index is 12.3. The van der Waals surface area contributed by atoms with Crippen molar-refractivity contribution in [3.63, 3.8) is 0 Å². The molecule has 0 spiro atoms. The Morgan fingerprint density at radius 2 is 1.67 bits per heavy atom. The molecule has 0 aliphatic carbocycles. The quantitative estimate of drug-likeness (QED) is 0.593. The van der Waals surface area contributed by atoms with Gasteiger partial charge in [0, 0.05) is 18.0 Å². The number of pyridine rings is 1. The summed E-state index contributed by atoms with van der Waals surface area (Å²) in [6.07, 6.45) is 5.81. The molecule has 3 amide bonds. The lowest BCUT2D eigenvalue weighted by Crippen LogP contribution is -2.47. The summed E-state index contributed by atoms with van der Waals surface area (Å²) in [6.45, 7) is 0. The van der Waals surface area contributed by atoms with Gasteiger partial charge in [0.25, 0.3) is 17.7 Å². The zero-order chi connectivity index (χ0) is 14.6. The topological polar surface area (TPSA) is 88.6 Å². The molecule has 4 heterocycles. The van der Waals surface area contributed by atoms with E-state index in [1.165, 1.54) is 24.5 Å². The van der Waals surface area contributed by atoms with E-state index in [1.54, 1.807) is 12.2 Å². The highest BCUT2D eigenvalue weighted by Crippen LogP contribution is 2.44. The lowest BCUT2D eigenvalue weighted by molar-refractivity contribution is -0.145. The van der Waals surface area contributed by atoms with Gasteiger partial charge in [-0.15, -0.1) is 0 Å². The van der Waals surface area contributed by atoms with Gasteiger partial charge in [-0.2, -0.15) is 5.01 Å². The molecule has 3 aliphatic rings. The van der Waals surface area contributed by atoms with Crippen molar-refractivity contribution in [2.75, 3.05) is 0 Å². The molecule has 0 aromatic carbocycles. The monoisotopic (exact) mass is 285 g/mol. The molecule has 4 rings (SSSR count). The first-order valence-corrected chi connectivity index (χ1v) is 6.59. The molecule has 1 N–H and O–H groups in total. The Balaban J connectivity index is 1.56. The van der Waals surface area contributed by atoms with E-state index in [1.807, 2.05) is 0 Å². The molecule has 0 unspecified atom stereocenters. The summed E-state index contributed by atoms with van der Waals surface area (Å²) in [4.78, 5) is 40.5. The second-order valence-electron chi connectivity index (χ2n) is 5.19. The average Bonchev–Trinajstić information content (AvgIpc) is 3.18. The number of rotatable bonds is 2. The molecule has 0 radical (unpaired) electrons. The van der Waals surface area contributed by atoms with Crippen LogP contribution in [0.3, 0.4) is 0 Å². The number of hydrazine groups is 1. The van der Waals surface area contributed by atoms with E-state index in [-0.39, 0.29) is 12.2 Å². The molecule has 0 saturated carbocycles. The van der Waals surface area contributed by atoms with Gasteiger partial charge in [-0.25, -0.2) is 0 Å². The molecule has 21 heavy (non-hydrogen) atoms.